The quantitative estimate of drug-likeness (QED) is 0.804. The summed E-state index contributed by atoms with van der Waals surface area (Å²) >= 11 is 0. The fraction of sp³-hybridized carbons (Fsp3) is 0.143. The van der Waals surface area contributed by atoms with Gasteiger partial charge in [-0.05, 0) is 17.7 Å². The van der Waals surface area contributed by atoms with Gasteiger partial charge in [-0.25, -0.2) is 15.0 Å². The lowest BCUT2D eigenvalue weighted by atomic mass is 10.2. The van der Waals surface area contributed by atoms with Crippen molar-refractivity contribution >= 4 is 9.84 Å². The molecule has 19 heavy (non-hydrogen) atoms. The number of rotatable bonds is 4. The maximum Gasteiger partial charge on any atom is 0.347 e. The van der Waals surface area contributed by atoms with Crippen molar-refractivity contribution in [2.24, 2.45) is 0 Å². The molecule has 5 heteroatoms. The maximum absolute atomic E-state index is 12.3. The number of aromatic nitrogens is 1. The summed E-state index contributed by atoms with van der Waals surface area (Å²) in [5.74, 6) is -0.143. The van der Waals surface area contributed by atoms with Crippen molar-refractivity contribution in [2.75, 3.05) is 0 Å². The molecule has 0 aliphatic carbocycles. The predicted molar refractivity (Wildman–Crippen MR) is 72.6 cm³/mol. The minimum Gasteiger partial charge on any atom is -0.291 e. The topological polar surface area (TPSA) is 51.4 Å². The van der Waals surface area contributed by atoms with Crippen molar-refractivity contribution in [1.29, 1.82) is 0 Å². The first-order valence-corrected chi connectivity index (χ1v) is 7.37. The number of hydrogen-bond donors (Lipinski definition) is 0. The van der Waals surface area contributed by atoms with Gasteiger partial charge >= 0.3 is 5.37 Å². The van der Waals surface area contributed by atoms with Crippen LogP contribution in [-0.2, 0) is 15.6 Å². The van der Waals surface area contributed by atoms with Crippen LogP contribution in [0.15, 0.2) is 54.9 Å². The first-order valence-electron chi connectivity index (χ1n) is 5.65. The van der Waals surface area contributed by atoms with E-state index >= 15 is 0 Å². The largest absolute Gasteiger partial charge is 0.347 e. The molecule has 2 aromatic rings. The second kappa shape index (κ2) is 5.63. The highest BCUT2D eigenvalue weighted by Crippen LogP contribution is 2.26. The standard InChI is InChI=1S/C14H12N2O2S/c1-15-14(13-8-5-9-16-10-13)19(17,18)11-12-6-3-2-4-7-12/h2-10,14H,11H2. The monoisotopic (exact) mass is 272 g/mol. The zero-order valence-electron chi connectivity index (χ0n) is 10.1. The summed E-state index contributed by atoms with van der Waals surface area (Å²) in [7, 11) is -3.57. The van der Waals surface area contributed by atoms with Crippen LogP contribution < -0.4 is 0 Å². The lowest BCUT2D eigenvalue weighted by Crippen LogP contribution is -2.13. The summed E-state index contributed by atoms with van der Waals surface area (Å²) in [5.41, 5.74) is 1.09. The van der Waals surface area contributed by atoms with Gasteiger partial charge in [0.25, 0.3) is 0 Å². The Kier molecular flexibility index (Phi) is 3.93. The van der Waals surface area contributed by atoms with Gasteiger partial charge in [-0.15, -0.1) is 0 Å². The molecular weight excluding hydrogens is 260 g/mol. The second-order valence-electron chi connectivity index (χ2n) is 4.06. The molecule has 0 amide bonds. The lowest BCUT2D eigenvalue weighted by molar-refractivity contribution is 0.589. The van der Waals surface area contributed by atoms with Gasteiger partial charge < -0.3 is 0 Å². The highest BCUT2D eigenvalue weighted by atomic mass is 32.2. The molecule has 2 rings (SSSR count). The van der Waals surface area contributed by atoms with E-state index in [0.29, 0.717) is 11.1 Å². The van der Waals surface area contributed by atoms with E-state index < -0.39 is 15.2 Å². The lowest BCUT2D eigenvalue weighted by Gasteiger charge is -2.07. The Bertz CT molecular complexity index is 676. The summed E-state index contributed by atoms with van der Waals surface area (Å²) in [6.07, 6.45) is 2.97. The van der Waals surface area contributed by atoms with E-state index in [9.17, 15) is 8.42 Å². The summed E-state index contributed by atoms with van der Waals surface area (Å²) in [5, 5.41) is -1.19. The highest BCUT2D eigenvalue weighted by molar-refractivity contribution is 7.91. The van der Waals surface area contributed by atoms with E-state index in [1.54, 1.807) is 42.6 Å². The third-order valence-corrected chi connectivity index (χ3v) is 4.43. The molecule has 1 heterocycles. The smallest absolute Gasteiger partial charge is 0.291 e. The van der Waals surface area contributed by atoms with Gasteiger partial charge in [-0.3, -0.25) is 9.83 Å². The predicted octanol–water partition coefficient (Wildman–Crippen LogP) is 2.61. The minimum absolute atomic E-state index is 0.143. The molecular formula is C14H12N2O2S. The third-order valence-electron chi connectivity index (χ3n) is 2.64. The Hall–Kier alpha value is -2.19. The van der Waals surface area contributed by atoms with Crippen molar-refractivity contribution in [1.82, 2.24) is 4.98 Å². The van der Waals surface area contributed by atoms with Crippen molar-refractivity contribution in [3.05, 3.63) is 77.4 Å². The van der Waals surface area contributed by atoms with Crippen LogP contribution in [0.1, 0.15) is 16.5 Å². The Morgan fingerprint density at radius 2 is 1.89 bits per heavy atom. The maximum atomic E-state index is 12.3. The molecule has 0 saturated heterocycles. The van der Waals surface area contributed by atoms with E-state index in [1.807, 2.05) is 6.07 Å². The average Bonchev–Trinajstić information content (AvgIpc) is 2.41. The number of benzene rings is 1. The van der Waals surface area contributed by atoms with E-state index in [1.165, 1.54) is 6.20 Å². The fourth-order valence-electron chi connectivity index (χ4n) is 1.77. The molecule has 0 aliphatic heterocycles. The molecule has 96 valence electrons. The van der Waals surface area contributed by atoms with E-state index in [2.05, 4.69) is 9.83 Å². The summed E-state index contributed by atoms with van der Waals surface area (Å²) in [6, 6.07) is 12.1. The number of hydrogen-bond acceptors (Lipinski definition) is 3. The SMILES string of the molecule is [C-]#[N+]C(c1cccnc1)S(=O)(=O)Cc1ccccc1. The highest BCUT2D eigenvalue weighted by Gasteiger charge is 2.32. The van der Waals surface area contributed by atoms with E-state index in [0.717, 1.165) is 0 Å². The normalized spacial score (nSPS) is 12.6. The van der Waals surface area contributed by atoms with Crippen molar-refractivity contribution in [3.63, 3.8) is 0 Å². The zero-order chi connectivity index (χ0) is 13.7. The van der Waals surface area contributed by atoms with Gasteiger partial charge in [0.2, 0.25) is 9.84 Å². The van der Waals surface area contributed by atoms with Gasteiger partial charge in [0, 0.05) is 12.4 Å². The molecule has 0 saturated carbocycles. The molecule has 0 radical (unpaired) electrons. The first kappa shape index (κ1) is 13.2. The van der Waals surface area contributed by atoms with E-state index in [4.69, 9.17) is 6.57 Å². The van der Waals surface area contributed by atoms with Crippen molar-refractivity contribution < 1.29 is 8.42 Å². The molecule has 0 N–H and O–H groups in total. The van der Waals surface area contributed by atoms with Crippen LogP contribution in [0.4, 0.5) is 0 Å². The van der Waals surface area contributed by atoms with Crippen LogP contribution in [0, 0.1) is 6.57 Å². The fourth-order valence-corrected chi connectivity index (χ4v) is 3.30. The molecule has 1 aromatic carbocycles. The van der Waals surface area contributed by atoms with Crippen molar-refractivity contribution in [2.45, 2.75) is 11.1 Å². The molecule has 0 aliphatic rings. The van der Waals surface area contributed by atoms with Crippen molar-refractivity contribution in [3.8, 4) is 0 Å². The van der Waals surface area contributed by atoms with E-state index in [-0.39, 0.29) is 5.75 Å². The first-order chi connectivity index (χ1) is 9.13. The van der Waals surface area contributed by atoms with Gasteiger partial charge in [0.1, 0.15) is 0 Å². The number of pyridine rings is 1. The summed E-state index contributed by atoms with van der Waals surface area (Å²) in [4.78, 5) is 7.11. The number of nitrogens with zero attached hydrogens (tertiary/aromatic N) is 2. The molecule has 4 nitrogen and oxygen atoms in total. The molecule has 1 unspecified atom stereocenters. The van der Waals surface area contributed by atoms with Gasteiger partial charge in [-0.2, -0.15) is 0 Å². The molecule has 1 atom stereocenters. The Balaban J connectivity index is 2.31. The van der Waals surface area contributed by atoms with Crippen LogP contribution >= 0.6 is 0 Å². The van der Waals surface area contributed by atoms with Gasteiger partial charge in [0.05, 0.1) is 11.3 Å². The van der Waals surface area contributed by atoms with Crippen LogP contribution in [0.2, 0.25) is 0 Å². The molecule has 0 fully saturated rings. The number of sulfone groups is 1. The van der Waals surface area contributed by atoms with Crippen LogP contribution in [0.3, 0.4) is 0 Å². The molecule has 1 aromatic heterocycles. The summed E-state index contributed by atoms with van der Waals surface area (Å²) < 4.78 is 24.6. The Labute approximate surface area is 112 Å². The van der Waals surface area contributed by atoms with Crippen LogP contribution in [0.25, 0.3) is 4.85 Å². The van der Waals surface area contributed by atoms with Gasteiger partial charge in [-0.1, -0.05) is 30.3 Å². The molecule has 0 bridgehead atoms. The summed E-state index contributed by atoms with van der Waals surface area (Å²) in [6.45, 7) is 7.14. The molecule has 0 spiro atoms. The minimum atomic E-state index is -3.57. The zero-order valence-corrected chi connectivity index (χ0v) is 10.9. The average molecular weight is 272 g/mol. The third kappa shape index (κ3) is 3.18. The van der Waals surface area contributed by atoms with Gasteiger partial charge in [0.15, 0.2) is 0 Å². The Morgan fingerprint density at radius 3 is 2.47 bits per heavy atom. The second-order valence-corrected chi connectivity index (χ2v) is 6.12. The van der Waals surface area contributed by atoms with Crippen LogP contribution in [0.5, 0.6) is 0 Å². The van der Waals surface area contributed by atoms with Crippen LogP contribution in [-0.4, -0.2) is 13.4 Å². The Morgan fingerprint density at radius 1 is 1.16 bits per heavy atom.